The number of benzene rings is 1. The fourth-order valence-corrected chi connectivity index (χ4v) is 1.93. The molecule has 2 rings (SSSR count). The Morgan fingerprint density at radius 3 is 2.45 bits per heavy atom. The van der Waals surface area contributed by atoms with Crippen LogP contribution in [0.15, 0.2) is 34.7 Å². The van der Waals surface area contributed by atoms with Gasteiger partial charge in [0.1, 0.15) is 0 Å². The van der Waals surface area contributed by atoms with Crippen molar-refractivity contribution in [2.75, 3.05) is 6.54 Å². The summed E-state index contributed by atoms with van der Waals surface area (Å²) in [5, 5.41) is 11.7. The molecule has 20 heavy (non-hydrogen) atoms. The Bertz CT molecular complexity index is 514. The number of nitrogens with zero attached hydrogens (tertiary/aromatic N) is 2. The normalized spacial score (nSPS) is 11.8. The van der Waals surface area contributed by atoms with Gasteiger partial charge in [-0.05, 0) is 39.3 Å². The molecule has 0 bridgehead atoms. The Balaban J connectivity index is 1.78. The number of hydrogen-bond acceptors (Lipinski definition) is 4. The van der Waals surface area contributed by atoms with Crippen LogP contribution in [0, 0.1) is 0 Å². The van der Waals surface area contributed by atoms with Gasteiger partial charge in [0, 0.05) is 12.0 Å². The largest absolute Gasteiger partial charge is 0.425 e. The summed E-state index contributed by atoms with van der Waals surface area (Å²) < 4.78 is 5.67. The van der Waals surface area contributed by atoms with E-state index in [0.29, 0.717) is 12.3 Å². The molecule has 1 N–H and O–H groups in total. The van der Waals surface area contributed by atoms with E-state index in [9.17, 15) is 0 Å². The van der Waals surface area contributed by atoms with Gasteiger partial charge in [0.05, 0.1) is 6.42 Å². The first-order valence-corrected chi connectivity index (χ1v) is 7.13. The highest BCUT2D eigenvalue weighted by Gasteiger charge is 2.09. The molecule has 108 valence electrons. The van der Waals surface area contributed by atoms with Crippen molar-refractivity contribution < 1.29 is 4.42 Å². The van der Waals surface area contributed by atoms with E-state index >= 15 is 0 Å². The lowest BCUT2D eigenvalue weighted by Crippen LogP contribution is -2.36. The van der Waals surface area contributed by atoms with Crippen LogP contribution in [0.1, 0.15) is 44.5 Å². The van der Waals surface area contributed by atoms with E-state index in [1.165, 1.54) is 5.56 Å². The van der Waals surface area contributed by atoms with Crippen LogP contribution in [-0.4, -0.2) is 22.3 Å². The summed E-state index contributed by atoms with van der Waals surface area (Å²) >= 11 is 0. The third kappa shape index (κ3) is 5.13. The highest BCUT2D eigenvalue weighted by atomic mass is 16.4. The molecule has 0 saturated carbocycles. The van der Waals surface area contributed by atoms with Crippen molar-refractivity contribution in [3.63, 3.8) is 0 Å². The monoisotopic (exact) mass is 273 g/mol. The van der Waals surface area contributed by atoms with Gasteiger partial charge in [-0.2, -0.15) is 0 Å². The molecule has 0 saturated heterocycles. The van der Waals surface area contributed by atoms with Crippen LogP contribution in [0.25, 0.3) is 0 Å². The number of aryl methyl sites for hydroxylation is 1. The quantitative estimate of drug-likeness (QED) is 0.822. The first-order valence-electron chi connectivity index (χ1n) is 7.13. The Kier molecular flexibility index (Phi) is 4.90. The molecule has 0 unspecified atom stereocenters. The molecule has 0 amide bonds. The molecule has 0 aliphatic rings. The molecule has 1 aromatic heterocycles. The van der Waals surface area contributed by atoms with Crippen LogP contribution in [0.3, 0.4) is 0 Å². The average Bonchev–Trinajstić information content (AvgIpc) is 2.82. The lowest BCUT2D eigenvalue weighted by Gasteiger charge is -2.19. The summed E-state index contributed by atoms with van der Waals surface area (Å²) in [6.45, 7) is 7.45. The van der Waals surface area contributed by atoms with Crippen LogP contribution in [-0.2, 0) is 12.8 Å². The van der Waals surface area contributed by atoms with E-state index in [2.05, 4.69) is 48.4 Å². The maximum atomic E-state index is 5.67. The van der Waals surface area contributed by atoms with Crippen LogP contribution in [0.5, 0.6) is 0 Å². The number of nitrogens with one attached hydrogen (secondary N) is 1. The fraction of sp³-hybridized carbons (Fsp3) is 0.500. The van der Waals surface area contributed by atoms with Gasteiger partial charge in [0.15, 0.2) is 0 Å². The van der Waals surface area contributed by atoms with Crippen LogP contribution in [0.2, 0.25) is 0 Å². The van der Waals surface area contributed by atoms with Crippen molar-refractivity contribution in [2.24, 2.45) is 0 Å². The van der Waals surface area contributed by atoms with Gasteiger partial charge in [0.25, 0.3) is 0 Å². The van der Waals surface area contributed by atoms with E-state index < -0.39 is 0 Å². The molecule has 4 nitrogen and oxygen atoms in total. The summed E-state index contributed by atoms with van der Waals surface area (Å²) in [7, 11) is 0. The predicted molar refractivity (Wildman–Crippen MR) is 79.6 cm³/mol. The van der Waals surface area contributed by atoms with E-state index in [1.807, 2.05) is 18.2 Å². The van der Waals surface area contributed by atoms with Gasteiger partial charge in [-0.15, -0.1) is 10.2 Å². The molecule has 0 atom stereocenters. The Morgan fingerprint density at radius 1 is 1.05 bits per heavy atom. The molecule has 0 radical (unpaired) electrons. The minimum absolute atomic E-state index is 0.160. The van der Waals surface area contributed by atoms with Crippen molar-refractivity contribution in [1.29, 1.82) is 0 Å². The number of aromatic nitrogens is 2. The molecular weight excluding hydrogens is 250 g/mol. The van der Waals surface area contributed by atoms with Gasteiger partial charge >= 0.3 is 0 Å². The average molecular weight is 273 g/mol. The van der Waals surface area contributed by atoms with Crippen LogP contribution in [0.4, 0.5) is 0 Å². The summed E-state index contributed by atoms with van der Waals surface area (Å²) in [6, 6.07) is 10.2. The zero-order chi connectivity index (χ0) is 14.4. The third-order valence-electron chi connectivity index (χ3n) is 2.93. The standard InChI is InChI=1S/C16H23N3O/c1-16(2,3)17-11-7-10-14-18-19-15(20-14)12-13-8-5-4-6-9-13/h4-6,8-9,17H,7,10-12H2,1-3H3. The minimum atomic E-state index is 0.160. The molecule has 1 heterocycles. The topological polar surface area (TPSA) is 51.0 Å². The Labute approximate surface area is 120 Å². The first kappa shape index (κ1) is 14.7. The minimum Gasteiger partial charge on any atom is -0.425 e. The molecular formula is C16H23N3O. The lowest BCUT2D eigenvalue weighted by molar-refractivity contribution is 0.406. The second kappa shape index (κ2) is 6.66. The summed E-state index contributed by atoms with van der Waals surface area (Å²) in [4.78, 5) is 0. The van der Waals surface area contributed by atoms with Gasteiger partial charge in [-0.25, -0.2) is 0 Å². The van der Waals surface area contributed by atoms with Crippen molar-refractivity contribution in [2.45, 2.75) is 45.6 Å². The highest BCUT2D eigenvalue weighted by molar-refractivity contribution is 5.17. The van der Waals surface area contributed by atoms with Gasteiger partial charge in [-0.1, -0.05) is 30.3 Å². The Hall–Kier alpha value is -1.68. The zero-order valence-corrected chi connectivity index (χ0v) is 12.5. The van der Waals surface area contributed by atoms with Gasteiger partial charge in [0.2, 0.25) is 11.8 Å². The predicted octanol–water partition coefficient (Wildman–Crippen LogP) is 2.98. The molecule has 0 spiro atoms. The van der Waals surface area contributed by atoms with Crippen molar-refractivity contribution in [3.8, 4) is 0 Å². The molecule has 4 heteroatoms. The lowest BCUT2D eigenvalue weighted by atomic mass is 10.1. The van der Waals surface area contributed by atoms with Crippen LogP contribution < -0.4 is 5.32 Å². The maximum absolute atomic E-state index is 5.67. The number of rotatable bonds is 6. The fourth-order valence-electron chi connectivity index (χ4n) is 1.93. The van der Waals surface area contributed by atoms with E-state index in [0.717, 1.165) is 25.3 Å². The summed E-state index contributed by atoms with van der Waals surface area (Å²) in [5.74, 6) is 1.42. The van der Waals surface area contributed by atoms with Gasteiger partial charge < -0.3 is 9.73 Å². The molecule has 1 aromatic carbocycles. The van der Waals surface area contributed by atoms with Gasteiger partial charge in [-0.3, -0.25) is 0 Å². The highest BCUT2D eigenvalue weighted by Crippen LogP contribution is 2.09. The van der Waals surface area contributed by atoms with Crippen molar-refractivity contribution in [3.05, 3.63) is 47.7 Å². The van der Waals surface area contributed by atoms with Crippen LogP contribution >= 0.6 is 0 Å². The Morgan fingerprint density at radius 2 is 1.75 bits per heavy atom. The van der Waals surface area contributed by atoms with E-state index in [4.69, 9.17) is 4.42 Å². The van der Waals surface area contributed by atoms with E-state index in [1.54, 1.807) is 0 Å². The second-order valence-corrected chi connectivity index (χ2v) is 6.03. The molecule has 0 aliphatic heterocycles. The number of hydrogen-bond donors (Lipinski definition) is 1. The van der Waals surface area contributed by atoms with Crippen molar-refractivity contribution >= 4 is 0 Å². The van der Waals surface area contributed by atoms with Crippen molar-refractivity contribution in [1.82, 2.24) is 15.5 Å². The smallest absolute Gasteiger partial charge is 0.220 e. The third-order valence-corrected chi connectivity index (χ3v) is 2.93. The maximum Gasteiger partial charge on any atom is 0.220 e. The van der Waals surface area contributed by atoms with E-state index in [-0.39, 0.29) is 5.54 Å². The first-order chi connectivity index (χ1) is 9.53. The zero-order valence-electron chi connectivity index (χ0n) is 12.5. The molecule has 0 aliphatic carbocycles. The second-order valence-electron chi connectivity index (χ2n) is 6.03. The molecule has 0 fully saturated rings. The summed E-state index contributed by atoms with van der Waals surface area (Å²) in [6.07, 6.45) is 2.53. The SMILES string of the molecule is CC(C)(C)NCCCc1nnc(Cc2ccccc2)o1. The summed E-state index contributed by atoms with van der Waals surface area (Å²) in [5.41, 5.74) is 1.35. The molecule has 2 aromatic rings.